The molecule has 1 aromatic heterocycles. The maximum atomic E-state index is 5.99. The minimum Gasteiger partial charge on any atom is -0.398 e. The molecule has 0 radical (unpaired) electrons. The molecule has 2 heterocycles. The highest BCUT2D eigenvalue weighted by atomic mass is 79.9. The summed E-state index contributed by atoms with van der Waals surface area (Å²) in [6.45, 7) is 1.58. The van der Waals surface area contributed by atoms with Gasteiger partial charge in [0.25, 0.3) is 0 Å². The second-order valence-corrected chi connectivity index (χ2v) is 5.37. The van der Waals surface area contributed by atoms with E-state index < -0.39 is 0 Å². The number of ether oxygens (including phenoxy) is 1. The van der Waals surface area contributed by atoms with Gasteiger partial charge in [-0.1, -0.05) is 0 Å². The standard InChI is InChI=1S/C13H14BrN3O/c14-8-5-10-11(15)1-2-12(13(10)16-6-8)17-9-3-4-18-7-9/h1-2,5-6,9,17H,3-4,7,15H2. The second kappa shape index (κ2) is 4.74. The number of hydrogen-bond donors (Lipinski definition) is 2. The Labute approximate surface area is 114 Å². The fourth-order valence-corrected chi connectivity index (χ4v) is 2.53. The Hall–Kier alpha value is -1.33. The van der Waals surface area contributed by atoms with E-state index in [2.05, 4.69) is 26.2 Å². The lowest BCUT2D eigenvalue weighted by atomic mass is 10.1. The van der Waals surface area contributed by atoms with Gasteiger partial charge in [-0.05, 0) is 40.5 Å². The van der Waals surface area contributed by atoms with Gasteiger partial charge in [-0.15, -0.1) is 0 Å². The Balaban J connectivity index is 2.03. The van der Waals surface area contributed by atoms with Gasteiger partial charge in [-0.25, -0.2) is 0 Å². The van der Waals surface area contributed by atoms with E-state index in [0.717, 1.165) is 46.4 Å². The van der Waals surface area contributed by atoms with Crippen LogP contribution in [0, 0.1) is 0 Å². The maximum Gasteiger partial charge on any atom is 0.0954 e. The number of anilines is 2. The first-order chi connectivity index (χ1) is 8.74. The van der Waals surface area contributed by atoms with E-state index >= 15 is 0 Å². The molecule has 4 nitrogen and oxygen atoms in total. The van der Waals surface area contributed by atoms with Gasteiger partial charge in [0, 0.05) is 28.4 Å². The van der Waals surface area contributed by atoms with Crippen molar-refractivity contribution >= 4 is 38.2 Å². The zero-order valence-electron chi connectivity index (χ0n) is 9.82. The normalized spacial score (nSPS) is 19.3. The summed E-state index contributed by atoms with van der Waals surface area (Å²) in [6.07, 6.45) is 2.82. The molecule has 0 saturated carbocycles. The summed E-state index contributed by atoms with van der Waals surface area (Å²) >= 11 is 3.42. The van der Waals surface area contributed by atoms with Gasteiger partial charge in [0.1, 0.15) is 0 Å². The van der Waals surface area contributed by atoms with Crippen LogP contribution in [0.3, 0.4) is 0 Å². The van der Waals surface area contributed by atoms with Gasteiger partial charge < -0.3 is 15.8 Å². The molecule has 1 unspecified atom stereocenters. The number of nitrogens with two attached hydrogens (primary N) is 1. The van der Waals surface area contributed by atoms with Crippen LogP contribution in [0.4, 0.5) is 11.4 Å². The number of nitrogens with zero attached hydrogens (tertiary/aromatic N) is 1. The van der Waals surface area contributed by atoms with Crippen molar-refractivity contribution in [2.45, 2.75) is 12.5 Å². The van der Waals surface area contributed by atoms with Crippen LogP contribution in [-0.2, 0) is 4.74 Å². The van der Waals surface area contributed by atoms with Gasteiger partial charge in [-0.3, -0.25) is 4.98 Å². The predicted molar refractivity (Wildman–Crippen MR) is 76.7 cm³/mol. The molecule has 0 bridgehead atoms. The summed E-state index contributed by atoms with van der Waals surface area (Å²) in [5, 5.41) is 4.44. The Morgan fingerprint density at radius 2 is 2.33 bits per heavy atom. The summed E-state index contributed by atoms with van der Waals surface area (Å²) < 4.78 is 6.30. The number of benzene rings is 1. The average molecular weight is 308 g/mol. The van der Waals surface area contributed by atoms with Crippen LogP contribution in [0.5, 0.6) is 0 Å². The van der Waals surface area contributed by atoms with Crippen LogP contribution in [0.2, 0.25) is 0 Å². The van der Waals surface area contributed by atoms with Crippen LogP contribution in [0.1, 0.15) is 6.42 Å². The largest absolute Gasteiger partial charge is 0.398 e. The molecular formula is C13H14BrN3O. The molecular weight excluding hydrogens is 294 g/mol. The summed E-state index contributed by atoms with van der Waals surface area (Å²) in [7, 11) is 0. The number of aromatic nitrogens is 1. The maximum absolute atomic E-state index is 5.99. The van der Waals surface area contributed by atoms with Crippen molar-refractivity contribution in [3.63, 3.8) is 0 Å². The number of pyridine rings is 1. The molecule has 18 heavy (non-hydrogen) atoms. The van der Waals surface area contributed by atoms with E-state index in [1.54, 1.807) is 6.20 Å². The molecule has 0 aliphatic carbocycles. The number of fused-ring (bicyclic) bond motifs is 1. The molecule has 1 aliphatic rings. The number of nitrogen functional groups attached to an aromatic ring is 1. The minimum atomic E-state index is 0.363. The van der Waals surface area contributed by atoms with Crippen LogP contribution in [0.25, 0.3) is 10.9 Å². The highest BCUT2D eigenvalue weighted by molar-refractivity contribution is 9.10. The van der Waals surface area contributed by atoms with Crippen molar-refractivity contribution in [1.82, 2.24) is 4.98 Å². The third kappa shape index (κ3) is 2.15. The summed E-state index contributed by atoms with van der Waals surface area (Å²) in [4.78, 5) is 4.45. The Morgan fingerprint density at radius 1 is 1.44 bits per heavy atom. The highest BCUT2D eigenvalue weighted by Gasteiger charge is 2.16. The molecule has 0 spiro atoms. The Morgan fingerprint density at radius 3 is 3.11 bits per heavy atom. The molecule has 1 atom stereocenters. The smallest absolute Gasteiger partial charge is 0.0954 e. The molecule has 2 aromatic rings. The average Bonchev–Trinajstić information content (AvgIpc) is 2.86. The monoisotopic (exact) mass is 307 g/mol. The van der Waals surface area contributed by atoms with Gasteiger partial charge >= 0.3 is 0 Å². The number of halogens is 1. The topological polar surface area (TPSA) is 60.2 Å². The molecule has 1 aromatic carbocycles. The van der Waals surface area contributed by atoms with Crippen molar-refractivity contribution in [1.29, 1.82) is 0 Å². The van der Waals surface area contributed by atoms with E-state index in [0.29, 0.717) is 6.04 Å². The lowest BCUT2D eigenvalue weighted by Gasteiger charge is -2.15. The van der Waals surface area contributed by atoms with Crippen molar-refractivity contribution in [2.75, 3.05) is 24.3 Å². The SMILES string of the molecule is Nc1ccc(NC2CCOC2)c2ncc(Br)cc12. The fourth-order valence-electron chi connectivity index (χ4n) is 2.20. The van der Waals surface area contributed by atoms with Crippen molar-refractivity contribution in [3.05, 3.63) is 28.9 Å². The van der Waals surface area contributed by atoms with Crippen molar-refractivity contribution in [2.24, 2.45) is 0 Å². The quantitative estimate of drug-likeness (QED) is 0.838. The first-order valence-electron chi connectivity index (χ1n) is 5.92. The second-order valence-electron chi connectivity index (χ2n) is 4.46. The van der Waals surface area contributed by atoms with E-state index in [-0.39, 0.29) is 0 Å². The molecule has 1 saturated heterocycles. The van der Waals surface area contributed by atoms with E-state index in [9.17, 15) is 0 Å². The number of hydrogen-bond acceptors (Lipinski definition) is 4. The summed E-state index contributed by atoms with van der Waals surface area (Å²) in [5.74, 6) is 0. The summed E-state index contributed by atoms with van der Waals surface area (Å²) in [6, 6.07) is 6.25. The predicted octanol–water partition coefficient (Wildman–Crippen LogP) is 2.78. The molecule has 0 amide bonds. The zero-order chi connectivity index (χ0) is 12.5. The third-order valence-corrected chi connectivity index (χ3v) is 3.57. The lowest BCUT2D eigenvalue weighted by Crippen LogP contribution is -2.19. The molecule has 5 heteroatoms. The molecule has 94 valence electrons. The first kappa shape index (κ1) is 11.7. The molecule has 1 aliphatic heterocycles. The Bertz CT molecular complexity index is 582. The molecule has 3 rings (SSSR count). The Kier molecular flexibility index (Phi) is 3.09. The lowest BCUT2D eigenvalue weighted by molar-refractivity contribution is 0.195. The minimum absolute atomic E-state index is 0.363. The van der Waals surface area contributed by atoms with Crippen molar-refractivity contribution < 1.29 is 4.74 Å². The van der Waals surface area contributed by atoms with Gasteiger partial charge in [0.2, 0.25) is 0 Å². The van der Waals surface area contributed by atoms with Gasteiger partial charge in [-0.2, -0.15) is 0 Å². The molecule has 3 N–H and O–H groups in total. The van der Waals surface area contributed by atoms with E-state index in [1.807, 2.05) is 18.2 Å². The van der Waals surface area contributed by atoms with E-state index in [1.165, 1.54) is 0 Å². The first-order valence-corrected chi connectivity index (χ1v) is 6.71. The van der Waals surface area contributed by atoms with Crippen molar-refractivity contribution in [3.8, 4) is 0 Å². The molecule has 1 fully saturated rings. The highest BCUT2D eigenvalue weighted by Crippen LogP contribution is 2.29. The van der Waals surface area contributed by atoms with Crippen LogP contribution in [0.15, 0.2) is 28.9 Å². The number of nitrogens with one attached hydrogen (secondary N) is 1. The van der Waals surface area contributed by atoms with Crippen LogP contribution in [-0.4, -0.2) is 24.2 Å². The van der Waals surface area contributed by atoms with Gasteiger partial charge in [0.15, 0.2) is 0 Å². The van der Waals surface area contributed by atoms with Gasteiger partial charge in [0.05, 0.1) is 23.9 Å². The van der Waals surface area contributed by atoms with Crippen LogP contribution < -0.4 is 11.1 Å². The number of rotatable bonds is 2. The summed E-state index contributed by atoms with van der Waals surface area (Å²) in [5.41, 5.74) is 8.65. The van der Waals surface area contributed by atoms with Crippen LogP contribution >= 0.6 is 15.9 Å². The zero-order valence-corrected chi connectivity index (χ0v) is 11.4. The third-order valence-electron chi connectivity index (χ3n) is 3.14. The van der Waals surface area contributed by atoms with E-state index in [4.69, 9.17) is 10.5 Å². The fraction of sp³-hybridized carbons (Fsp3) is 0.308.